The fraction of sp³-hybridized carbons (Fsp3) is 0.483. The first kappa shape index (κ1) is 26.5. The molecule has 1 aliphatic carbocycles. The van der Waals surface area contributed by atoms with E-state index in [0.717, 1.165) is 19.3 Å². The topological polar surface area (TPSA) is 97.0 Å². The Bertz CT molecular complexity index is 1200. The van der Waals surface area contributed by atoms with Crippen LogP contribution in [0.15, 0.2) is 42.5 Å². The van der Waals surface area contributed by atoms with Gasteiger partial charge in [0.1, 0.15) is 18.5 Å². The van der Waals surface area contributed by atoms with Gasteiger partial charge in [-0.1, -0.05) is 36.9 Å². The summed E-state index contributed by atoms with van der Waals surface area (Å²) in [4.78, 5) is 40.5. The van der Waals surface area contributed by atoms with E-state index in [2.05, 4.69) is 10.6 Å². The van der Waals surface area contributed by atoms with Crippen molar-refractivity contribution in [3.63, 3.8) is 0 Å². The molecule has 3 aliphatic rings. The Labute approximate surface area is 228 Å². The van der Waals surface area contributed by atoms with Crippen molar-refractivity contribution in [1.29, 1.82) is 0 Å². The van der Waals surface area contributed by atoms with Crippen LogP contribution in [-0.4, -0.2) is 60.6 Å². The Kier molecular flexibility index (Phi) is 8.19. The molecule has 1 saturated carbocycles. The number of ether oxygens (including phenoxy) is 2. The normalized spacial score (nSPS) is 23.8. The molecule has 38 heavy (non-hydrogen) atoms. The van der Waals surface area contributed by atoms with Gasteiger partial charge in [-0.25, -0.2) is 0 Å². The van der Waals surface area contributed by atoms with E-state index in [1.54, 1.807) is 54.4 Å². The molecule has 2 heterocycles. The van der Waals surface area contributed by atoms with Gasteiger partial charge in [0.2, 0.25) is 5.91 Å². The molecule has 0 unspecified atom stereocenters. The molecule has 0 spiro atoms. The third-order valence-corrected chi connectivity index (χ3v) is 7.97. The predicted octanol–water partition coefficient (Wildman–Crippen LogP) is 4.81. The summed E-state index contributed by atoms with van der Waals surface area (Å²) in [6.07, 6.45) is 6.89. The number of nitrogens with one attached hydrogen (secondary N) is 2. The number of amides is 3. The summed E-state index contributed by atoms with van der Waals surface area (Å²) in [5.41, 5.74) is 1.29. The van der Waals surface area contributed by atoms with Crippen LogP contribution in [0.25, 0.3) is 0 Å². The second-order valence-corrected chi connectivity index (χ2v) is 10.9. The number of nitrogens with zero attached hydrogens (tertiary/aromatic N) is 1. The lowest BCUT2D eigenvalue weighted by Crippen LogP contribution is -2.54. The van der Waals surface area contributed by atoms with Gasteiger partial charge in [0.05, 0.1) is 24.1 Å². The summed E-state index contributed by atoms with van der Waals surface area (Å²) in [5.74, 6) is -0.0546. The van der Waals surface area contributed by atoms with Crippen LogP contribution in [-0.2, 0) is 9.53 Å². The number of likely N-dealkylation sites (N-methyl/N-ethyl adjacent to an activating group) is 1. The fourth-order valence-corrected chi connectivity index (χ4v) is 5.87. The Morgan fingerprint density at radius 3 is 2.66 bits per heavy atom. The van der Waals surface area contributed by atoms with Crippen molar-refractivity contribution in [3.8, 4) is 5.75 Å². The highest BCUT2D eigenvalue weighted by atomic mass is 35.5. The van der Waals surface area contributed by atoms with E-state index in [0.29, 0.717) is 40.4 Å². The number of carbonyl (C=O) groups is 3. The average molecular weight is 540 g/mol. The molecule has 2 aromatic rings. The molecule has 0 bridgehead atoms. The third-order valence-electron chi connectivity index (χ3n) is 7.74. The Balaban J connectivity index is 1.24. The average Bonchev–Trinajstić information content (AvgIpc) is 2.91. The van der Waals surface area contributed by atoms with Gasteiger partial charge in [-0.15, -0.1) is 0 Å². The van der Waals surface area contributed by atoms with E-state index in [-0.39, 0.29) is 48.6 Å². The number of carbonyl (C=O) groups excluding carboxylic acids is 3. The molecule has 2 aliphatic heterocycles. The Morgan fingerprint density at radius 2 is 1.87 bits per heavy atom. The number of anilines is 1. The third kappa shape index (κ3) is 6.13. The summed E-state index contributed by atoms with van der Waals surface area (Å²) in [6.45, 7) is 0.268. The van der Waals surface area contributed by atoms with Gasteiger partial charge in [0.25, 0.3) is 11.8 Å². The van der Waals surface area contributed by atoms with Crippen LogP contribution in [0.4, 0.5) is 5.69 Å². The van der Waals surface area contributed by atoms with E-state index >= 15 is 0 Å². The lowest BCUT2D eigenvalue weighted by atomic mass is 9.93. The first-order valence-electron chi connectivity index (χ1n) is 13.4. The SMILES string of the molecule is CN1C(=O)c2cc(NC(=O)c3cccc(Cl)c3)ccc2OC[C@H]2O[C@@H](CC(=O)NC3CCCCC3)CC[C@@H]21. The summed E-state index contributed by atoms with van der Waals surface area (Å²) in [5, 5.41) is 6.47. The zero-order valence-electron chi connectivity index (χ0n) is 21.6. The standard InChI is InChI=1S/C29H34ClN3O5/c1-33-24-12-11-22(16-27(34)31-20-8-3-2-4-9-20)38-26(24)17-37-25-13-10-21(15-23(25)29(33)36)32-28(35)18-6-5-7-19(30)14-18/h5-7,10,13-15,20,22,24,26H,2-4,8-9,11-12,16-17H2,1H3,(H,31,34)(H,32,35)/t22-,24+,26-/m1/s1. The van der Waals surface area contributed by atoms with Crippen molar-refractivity contribution in [3.05, 3.63) is 58.6 Å². The quantitative estimate of drug-likeness (QED) is 0.568. The predicted molar refractivity (Wildman–Crippen MR) is 145 cm³/mol. The summed E-state index contributed by atoms with van der Waals surface area (Å²) in [6, 6.07) is 11.8. The van der Waals surface area contributed by atoms with Crippen LogP contribution in [0.2, 0.25) is 5.02 Å². The van der Waals surface area contributed by atoms with Gasteiger partial charge in [-0.2, -0.15) is 0 Å². The molecular weight excluding hydrogens is 506 g/mol. The summed E-state index contributed by atoms with van der Waals surface area (Å²) in [7, 11) is 1.77. The molecule has 2 N–H and O–H groups in total. The van der Waals surface area contributed by atoms with Crippen molar-refractivity contribution in [2.24, 2.45) is 0 Å². The minimum absolute atomic E-state index is 0.0363. The molecule has 1 saturated heterocycles. The van der Waals surface area contributed by atoms with Crippen molar-refractivity contribution in [2.45, 2.75) is 75.7 Å². The number of hydrogen-bond acceptors (Lipinski definition) is 5. The molecule has 5 rings (SSSR count). The van der Waals surface area contributed by atoms with Gasteiger partial charge in [0, 0.05) is 29.4 Å². The monoisotopic (exact) mass is 539 g/mol. The number of halogens is 1. The largest absolute Gasteiger partial charge is 0.490 e. The first-order chi connectivity index (χ1) is 18.4. The fourth-order valence-electron chi connectivity index (χ4n) is 5.68. The van der Waals surface area contributed by atoms with Crippen molar-refractivity contribution in [2.75, 3.05) is 19.0 Å². The molecule has 3 atom stereocenters. The van der Waals surface area contributed by atoms with Crippen molar-refractivity contribution < 1.29 is 23.9 Å². The second-order valence-electron chi connectivity index (χ2n) is 10.5. The van der Waals surface area contributed by atoms with Crippen LogP contribution < -0.4 is 15.4 Å². The summed E-state index contributed by atoms with van der Waals surface area (Å²) >= 11 is 6.01. The molecule has 3 amide bonds. The number of benzene rings is 2. The smallest absolute Gasteiger partial charge is 0.257 e. The van der Waals surface area contributed by atoms with Gasteiger partial charge < -0.3 is 25.0 Å². The first-order valence-corrected chi connectivity index (χ1v) is 13.8. The number of fused-ring (bicyclic) bond motifs is 2. The van der Waals surface area contributed by atoms with Crippen LogP contribution >= 0.6 is 11.6 Å². The van der Waals surface area contributed by atoms with Crippen LogP contribution in [0, 0.1) is 0 Å². The highest BCUT2D eigenvalue weighted by Crippen LogP contribution is 2.33. The van der Waals surface area contributed by atoms with Crippen molar-refractivity contribution >= 4 is 35.0 Å². The zero-order valence-corrected chi connectivity index (χ0v) is 22.3. The molecule has 0 aromatic heterocycles. The lowest BCUT2D eigenvalue weighted by molar-refractivity contribution is -0.134. The number of hydrogen-bond donors (Lipinski definition) is 2. The van der Waals surface area contributed by atoms with Gasteiger partial charge in [0.15, 0.2) is 0 Å². The maximum Gasteiger partial charge on any atom is 0.257 e. The summed E-state index contributed by atoms with van der Waals surface area (Å²) < 4.78 is 12.4. The molecule has 202 valence electrons. The maximum absolute atomic E-state index is 13.5. The van der Waals surface area contributed by atoms with E-state index < -0.39 is 0 Å². The van der Waals surface area contributed by atoms with E-state index in [1.165, 1.54) is 19.3 Å². The van der Waals surface area contributed by atoms with Gasteiger partial charge >= 0.3 is 0 Å². The maximum atomic E-state index is 13.5. The highest BCUT2D eigenvalue weighted by Gasteiger charge is 2.39. The second kappa shape index (κ2) is 11.7. The minimum Gasteiger partial charge on any atom is -0.490 e. The van der Waals surface area contributed by atoms with Gasteiger partial charge in [-0.3, -0.25) is 14.4 Å². The lowest BCUT2D eigenvalue weighted by Gasteiger charge is -2.42. The van der Waals surface area contributed by atoms with Crippen LogP contribution in [0.1, 0.15) is 72.1 Å². The van der Waals surface area contributed by atoms with Gasteiger partial charge in [-0.05, 0) is 62.1 Å². The van der Waals surface area contributed by atoms with Crippen LogP contribution in [0.3, 0.4) is 0 Å². The van der Waals surface area contributed by atoms with E-state index in [1.807, 2.05) is 0 Å². The van der Waals surface area contributed by atoms with E-state index in [9.17, 15) is 14.4 Å². The minimum atomic E-state index is -0.333. The number of rotatable bonds is 5. The Hall–Kier alpha value is -3.10. The molecule has 9 heteroatoms. The molecule has 2 fully saturated rings. The molecule has 2 aromatic carbocycles. The van der Waals surface area contributed by atoms with Crippen molar-refractivity contribution in [1.82, 2.24) is 10.2 Å². The Morgan fingerprint density at radius 1 is 1.05 bits per heavy atom. The molecule has 8 nitrogen and oxygen atoms in total. The van der Waals surface area contributed by atoms with Crippen LogP contribution in [0.5, 0.6) is 5.75 Å². The van der Waals surface area contributed by atoms with E-state index in [4.69, 9.17) is 21.1 Å². The zero-order chi connectivity index (χ0) is 26.6. The highest BCUT2D eigenvalue weighted by molar-refractivity contribution is 6.31. The molecular formula is C29H34ClN3O5. The molecule has 0 radical (unpaired) electrons.